The Hall–Kier alpha value is -2.02. The van der Waals surface area contributed by atoms with Gasteiger partial charge >= 0.3 is 0 Å². The van der Waals surface area contributed by atoms with Crippen LogP contribution in [0.4, 0.5) is 0 Å². The van der Waals surface area contributed by atoms with E-state index in [2.05, 4.69) is 50.9 Å². The fourth-order valence-electron chi connectivity index (χ4n) is 3.47. The third-order valence-corrected chi connectivity index (χ3v) is 5.27. The minimum Gasteiger partial charge on any atom is -0.492 e. The van der Waals surface area contributed by atoms with Gasteiger partial charge in [0.05, 0.1) is 12.0 Å². The minimum atomic E-state index is 0.619. The van der Waals surface area contributed by atoms with Crippen LogP contribution in [0.5, 0.6) is 5.75 Å². The molecule has 0 aliphatic carbocycles. The third-order valence-electron chi connectivity index (χ3n) is 4.84. The van der Waals surface area contributed by atoms with Crippen LogP contribution in [-0.4, -0.2) is 47.9 Å². The molecule has 3 heterocycles. The lowest BCUT2D eigenvalue weighted by Crippen LogP contribution is -2.46. The number of nitrogens with zero attached hydrogens (tertiary/aromatic N) is 2. The van der Waals surface area contributed by atoms with E-state index < -0.39 is 0 Å². The summed E-state index contributed by atoms with van der Waals surface area (Å²) >= 11 is 1.63. The molecular formula is C20H24N4OS. The molecule has 3 aromatic rings. The van der Waals surface area contributed by atoms with Gasteiger partial charge in [-0.2, -0.15) is 0 Å². The van der Waals surface area contributed by atoms with Crippen molar-refractivity contribution in [2.75, 3.05) is 33.0 Å². The van der Waals surface area contributed by atoms with Gasteiger partial charge in [0.25, 0.3) is 0 Å². The van der Waals surface area contributed by atoms with Crippen LogP contribution in [0.15, 0.2) is 42.7 Å². The molecule has 6 heteroatoms. The Kier molecular flexibility index (Phi) is 5.15. The molecule has 1 aliphatic heterocycles. The second kappa shape index (κ2) is 7.70. The average molecular weight is 369 g/mol. The van der Waals surface area contributed by atoms with Crippen LogP contribution in [-0.2, 0) is 6.54 Å². The zero-order valence-corrected chi connectivity index (χ0v) is 16.0. The number of aromatic nitrogens is 2. The first-order valence-electron chi connectivity index (χ1n) is 8.87. The van der Waals surface area contributed by atoms with E-state index in [4.69, 9.17) is 4.74 Å². The monoisotopic (exact) mass is 368 g/mol. The van der Waals surface area contributed by atoms with Crippen LogP contribution in [0.2, 0.25) is 0 Å². The summed E-state index contributed by atoms with van der Waals surface area (Å²) in [6.07, 6.45) is 5.87. The maximum absolute atomic E-state index is 6.17. The number of H-pyrrole nitrogens is 1. The van der Waals surface area contributed by atoms with Crippen LogP contribution >= 0.6 is 11.9 Å². The Morgan fingerprint density at radius 1 is 1.27 bits per heavy atom. The van der Waals surface area contributed by atoms with Crippen LogP contribution in [0.1, 0.15) is 5.56 Å². The van der Waals surface area contributed by atoms with E-state index in [1.54, 1.807) is 11.9 Å². The van der Waals surface area contributed by atoms with E-state index in [0.717, 1.165) is 48.6 Å². The molecule has 2 N–H and O–H groups in total. The molecule has 0 unspecified atom stereocenters. The molecule has 0 spiro atoms. The summed E-state index contributed by atoms with van der Waals surface area (Å²) in [5.41, 5.74) is 4.45. The van der Waals surface area contributed by atoms with Gasteiger partial charge in [0.15, 0.2) is 0 Å². The van der Waals surface area contributed by atoms with Gasteiger partial charge in [-0.3, -0.25) is 4.72 Å². The number of fused-ring (bicyclic) bond motifs is 1. The molecule has 0 bridgehead atoms. The molecule has 5 nitrogen and oxygen atoms in total. The number of pyridine rings is 1. The fourth-order valence-corrected chi connectivity index (χ4v) is 3.78. The first-order chi connectivity index (χ1) is 12.7. The van der Waals surface area contributed by atoms with Crippen molar-refractivity contribution in [3.63, 3.8) is 0 Å². The van der Waals surface area contributed by atoms with Gasteiger partial charge in [-0.15, -0.1) is 0 Å². The predicted octanol–water partition coefficient (Wildman–Crippen LogP) is 3.54. The predicted molar refractivity (Wildman–Crippen MR) is 108 cm³/mol. The Morgan fingerprint density at radius 3 is 2.81 bits per heavy atom. The molecule has 1 aliphatic rings. The van der Waals surface area contributed by atoms with E-state index in [9.17, 15) is 0 Å². The fraction of sp³-hybridized carbons (Fsp3) is 0.350. The molecule has 1 saturated heterocycles. The zero-order chi connectivity index (χ0) is 17.9. The minimum absolute atomic E-state index is 0.619. The molecule has 0 atom stereocenters. The van der Waals surface area contributed by atoms with Crippen molar-refractivity contribution in [1.29, 1.82) is 0 Å². The van der Waals surface area contributed by atoms with E-state index >= 15 is 0 Å². The summed E-state index contributed by atoms with van der Waals surface area (Å²) in [7, 11) is 2.14. The van der Waals surface area contributed by atoms with Crippen molar-refractivity contribution in [3.05, 3.63) is 48.3 Å². The standard InChI is InChI=1S/C20H24N4OS/c1-24-11-15(12-24)13-25-18-7-8-21-20-19(18)17(10-22-20)16-5-3-14(4-6-16)9-23-26-2/h3-8,10,15,23H,9,11-13H2,1-2H3,(H,21,22). The van der Waals surface area contributed by atoms with Crippen molar-refractivity contribution < 1.29 is 4.74 Å². The topological polar surface area (TPSA) is 53.2 Å². The highest BCUT2D eigenvalue weighted by molar-refractivity contribution is 7.96. The maximum atomic E-state index is 6.17. The SMILES string of the molecule is CSNCc1ccc(-c2c[nH]c3nccc(OCC4CN(C)C4)c23)cc1. The zero-order valence-electron chi connectivity index (χ0n) is 15.2. The van der Waals surface area contributed by atoms with Crippen molar-refractivity contribution in [1.82, 2.24) is 19.6 Å². The van der Waals surface area contributed by atoms with Crippen LogP contribution in [0, 0.1) is 5.92 Å². The highest BCUT2D eigenvalue weighted by atomic mass is 32.2. The Bertz CT molecular complexity index is 871. The Labute approximate surface area is 158 Å². The first-order valence-corrected chi connectivity index (χ1v) is 10.1. The van der Waals surface area contributed by atoms with Crippen molar-refractivity contribution in [2.24, 2.45) is 5.92 Å². The molecule has 0 radical (unpaired) electrons. The summed E-state index contributed by atoms with van der Waals surface area (Å²) < 4.78 is 9.45. The number of aromatic amines is 1. The van der Waals surface area contributed by atoms with Crippen molar-refractivity contribution >= 4 is 23.0 Å². The molecular weight excluding hydrogens is 344 g/mol. The lowest BCUT2D eigenvalue weighted by molar-refractivity contribution is 0.0864. The van der Waals surface area contributed by atoms with E-state index in [1.807, 2.05) is 24.7 Å². The molecule has 0 amide bonds. The second-order valence-corrected chi connectivity index (χ2v) is 7.55. The lowest BCUT2D eigenvalue weighted by atomic mass is 10.0. The normalized spacial score (nSPS) is 15.3. The highest BCUT2D eigenvalue weighted by Crippen LogP contribution is 2.35. The van der Waals surface area contributed by atoms with Gasteiger partial charge in [0.2, 0.25) is 0 Å². The Balaban J connectivity index is 1.58. The average Bonchev–Trinajstić information content (AvgIpc) is 3.08. The van der Waals surface area contributed by atoms with E-state index in [0.29, 0.717) is 5.92 Å². The molecule has 1 aromatic carbocycles. The molecule has 4 rings (SSSR count). The number of rotatable bonds is 7. The molecule has 2 aromatic heterocycles. The third kappa shape index (κ3) is 3.58. The van der Waals surface area contributed by atoms with Crippen LogP contribution < -0.4 is 9.46 Å². The summed E-state index contributed by atoms with van der Waals surface area (Å²) in [6.45, 7) is 3.84. The highest BCUT2D eigenvalue weighted by Gasteiger charge is 2.24. The molecule has 0 saturated carbocycles. The molecule has 136 valence electrons. The van der Waals surface area contributed by atoms with Gasteiger partial charge in [0, 0.05) is 43.5 Å². The summed E-state index contributed by atoms with van der Waals surface area (Å²) in [6, 6.07) is 10.6. The van der Waals surface area contributed by atoms with Gasteiger partial charge in [-0.1, -0.05) is 36.2 Å². The Morgan fingerprint density at radius 2 is 2.08 bits per heavy atom. The van der Waals surface area contributed by atoms with Gasteiger partial charge in [-0.05, 0) is 30.5 Å². The van der Waals surface area contributed by atoms with E-state index in [1.165, 1.54) is 11.1 Å². The molecule has 26 heavy (non-hydrogen) atoms. The van der Waals surface area contributed by atoms with Gasteiger partial charge in [0.1, 0.15) is 11.4 Å². The summed E-state index contributed by atoms with van der Waals surface area (Å²) in [4.78, 5) is 10.1. The number of likely N-dealkylation sites (tertiary alicyclic amines) is 1. The number of hydrogen-bond acceptors (Lipinski definition) is 5. The second-order valence-electron chi connectivity index (χ2n) is 6.86. The van der Waals surface area contributed by atoms with Crippen LogP contribution in [0.3, 0.4) is 0 Å². The van der Waals surface area contributed by atoms with Gasteiger partial charge in [-0.25, -0.2) is 4.98 Å². The number of nitrogens with one attached hydrogen (secondary N) is 2. The van der Waals surface area contributed by atoms with Crippen molar-refractivity contribution in [3.8, 4) is 16.9 Å². The first kappa shape index (κ1) is 17.4. The van der Waals surface area contributed by atoms with Crippen molar-refractivity contribution in [2.45, 2.75) is 6.54 Å². The molecule has 1 fully saturated rings. The number of hydrogen-bond donors (Lipinski definition) is 2. The van der Waals surface area contributed by atoms with Crippen LogP contribution in [0.25, 0.3) is 22.2 Å². The smallest absolute Gasteiger partial charge is 0.141 e. The van der Waals surface area contributed by atoms with Gasteiger partial charge < -0.3 is 14.6 Å². The van der Waals surface area contributed by atoms with E-state index in [-0.39, 0.29) is 0 Å². The lowest BCUT2D eigenvalue weighted by Gasteiger charge is -2.35. The number of ether oxygens (including phenoxy) is 1. The largest absolute Gasteiger partial charge is 0.492 e. The number of benzene rings is 1. The maximum Gasteiger partial charge on any atom is 0.141 e. The summed E-state index contributed by atoms with van der Waals surface area (Å²) in [5, 5.41) is 1.06. The summed E-state index contributed by atoms with van der Waals surface area (Å²) in [5.74, 6) is 1.53. The quantitative estimate of drug-likeness (QED) is 0.625.